The smallest absolute Gasteiger partial charge is 0.427 e. The lowest BCUT2D eigenvalue weighted by atomic mass is 9.72. The lowest BCUT2D eigenvalue weighted by molar-refractivity contribution is -0.0896. The van der Waals surface area contributed by atoms with Crippen molar-refractivity contribution in [3.63, 3.8) is 0 Å². The minimum Gasteiger partial charge on any atom is -0.427 e. The third-order valence-corrected chi connectivity index (χ3v) is 13.1. The summed E-state index contributed by atoms with van der Waals surface area (Å²) in [6, 6.07) is 0. The highest BCUT2D eigenvalue weighted by Crippen LogP contribution is 2.55. The fourth-order valence-electron chi connectivity index (χ4n) is 5.04. The number of aliphatic hydroxyl groups is 1. The van der Waals surface area contributed by atoms with Crippen LogP contribution >= 0.6 is 0 Å². The molecule has 1 radical (unpaired) electrons. The summed E-state index contributed by atoms with van der Waals surface area (Å²) in [5, 5.41) is 12.0. The van der Waals surface area contributed by atoms with E-state index in [1.54, 1.807) is 13.8 Å². The Balaban J connectivity index is 1.59. The second kappa shape index (κ2) is 8.21. The average molecular weight is 479 g/mol. The number of rotatable bonds is 5. The van der Waals surface area contributed by atoms with Crippen molar-refractivity contribution in [3.8, 4) is 0 Å². The van der Waals surface area contributed by atoms with E-state index in [1.165, 1.54) is 21.8 Å². The molecule has 0 bridgehead atoms. The predicted molar refractivity (Wildman–Crippen MR) is 144 cm³/mol. The SMILES string of the molecule is CC(C)(O)C(C)(C)O[B]C1=CC2=C(CC=C1)C1=CC=C(B3OC(C)(C)C(C)(C)O3)CC1[Si]2(C)C. The van der Waals surface area contributed by atoms with Crippen molar-refractivity contribution in [2.24, 2.45) is 0 Å². The van der Waals surface area contributed by atoms with Crippen molar-refractivity contribution in [1.29, 1.82) is 0 Å². The van der Waals surface area contributed by atoms with Gasteiger partial charge >= 0.3 is 14.6 Å². The van der Waals surface area contributed by atoms with Crippen LogP contribution in [0.5, 0.6) is 0 Å². The van der Waals surface area contributed by atoms with Gasteiger partial charge in [-0.15, -0.1) is 0 Å². The molecular weight excluding hydrogens is 438 g/mol. The fraction of sp³-hybridized carbons (Fsp3) is 0.630. The third-order valence-electron chi connectivity index (χ3n) is 8.99. The monoisotopic (exact) mass is 479 g/mol. The van der Waals surface area contributed by atoms with Gasteiger partial charge in [0, 0.05) is 0 Å². The first-order valence-electron chi connectivity index (χ1n) is 12.6. The van der Waals surface area contributed by atoms with E-state index in [0.717, 1.165) is 18.3 Å². The highest BCUT2D eigenvalue weighted by atomic mass is 28.3. The van der Waals surface area contributed by atoms with E-state index in [2.05, 4.69) is 71.2 Å². The number of hydrogen-bond donors (Lipinski definition) is 1. The molecule has 183 valence electrons. The summed E-state index contributed by atoms with van der Waals surface area (Å²) in [4.78, 5) is 0. The Hall–Kier alpha value is -1.11. The molecule has 0 amide bonds. The lowest BCUT2D eigenvalue weighted by Crippen LogP contribution is -2.48. The van der Waals surface area contributed by atoms with Gasteiger partial charge in [-0.25, -0.2) is 0 Å². The molecule has 2 heterocycles. The topological polar surface area (TPSA) is 47.9 Å². The molecule has 4 rings (SSSR count). The molecular formula is C27H41B2O4Si. The minimum atomic E-state index is -1.80. The quantitative estimate of drug-likeness (QED) is 0.504. The lowest BCUT2D eigenvalue weighted by Gasteiger charge is -2.37. The first-order valence-corrected chi connectivity index (χ1v) is 15.7. The Morgan fingerprint density at radius 2 is 1.71 bits per heavy atom. The van der Waals surface area contributed by atoms with Crippen LogP contribution in [-0.4, -0.2) is 50.2 Å². The van der Waals surface area contributed by atoms with E-state index >= 15 is 0 Å². The number of hydrogen-bond acceptors (Lipinski definition) is 4. The van der Waals surface area contributed by atoms with Crippen LogP contribution in [0.4, 0.5) is 0 Å². The average Bonchev–Trinajstić information content (AvgIpc) is 2.93. The van der Waals surface area contributed by atoms with Gasteiger partial charge in [0.2, 0.25) is 0 Å². The van der Waals surface area contributed by atoms with Crippen LogP contribution in [0.3, 0.4) is 0 Å². The summed E-state index contributed by atoms with van der Waals surface area (Å²) in [5.41, 5.74) is 3.53. The van der Waals surface area contributed by atoms with E-state index in [1.807, 2.05) is 21.3 Å². The molecule has 0 spiro atoms. The Kier molecular flexibility index (Phi) is 6.27. The largest absolute Gasteiger partial charge is 0.490 e. The zero-order chi connectivity index (χ0) is 25.3. The van der Waals surface area contributed by atoms with E-state index in [9.17, 15) is 5.11 Å². The van der Waals surface area contributed by atoms with Crippen LogP contribution < -0.4 is 0 Å². The van der Waals surface area contributed by atoms with Crippen LogP contribution in [0.2, 0.25) is 18.6 Å². The molecule has 1 saturated heterocycles. The van der Waals surface area contributed by atoms with E-state index in [-0.39, 0.29) is 18.3 Å². The summed E-state index contributed by atoms with van der Waals surface area (Å²) >= 11 is 0. The molecule has 7 heteroatoms. The molecule has 0 aromatic heterocycles. The van der Waals surface area contributed by atoms with Crippen molar-refractivity contribution in [2.75, 3.05) is 0 Å². The minimum absolute atomic E-state index is 0.273. The molecule has 0 aromatic carbocycles. The highest BCUT2D eigenvalue weighted by Gasteiger charge is 2.54. The normalized spacial score (nSPS) is 27.6. The third kappa shape index (κ3) is 4.32. The molecule has 1 N–H and O–H groups in total. The zero-order valence-electron chi connectivity index (χ0n) is 22.7. The van der Waals surface area contributed by atoms with Crippen molar-refractivity contribution >= 4 is 22.7 Å². The standard InChI is InChI=1S/C27H41B2O4Si/c1-24(2,30)25(3,4)31-28-18-12-11-13-20-21-15-14-19(17-23(21)34(9,10)22(20)16-18)29-32-26(5,6)27(7,8)33-29/h11-12,14-16,23,30H,13,17H2,1-10H3. The maximum Gasteiger partial charge on any atom is 0.490 e. The molecule has 1 atom stereocenters. The molecule has 0 saturated carbocycles. The van der Waals surface area contributed by atoms with Crippen molar-refractivity contribution in [2.45, 2.75) is 109 Å². The summed E-state index contributed by atoms with van der Waals surface area (Å²) in [6.07, 6.45) is 13.2. The van der Waals surface area contributed by atoms with Gasteiger partial charge in [0.05, 0.1) is 30.5 Å². The van der Waals surface area contributed by atoms with Gasteiger partial charge in [0.25, 0.3) is 0 Å². The summed E-state index contributed by atoms with van der Waals surface area (Å²) in [5.74, 6) is 0. The van der Waals surface area contributed by atoms with Crippen LogP contribution in [0.25, 0.3) is 0 Å². The highest BCUT2D eigenvalue weighted by molar-refractivity contribution is 6.88. The maximum absolute atomic E-state index is 10.5. The molecule has 4 nitrogen and oxygen atoms in total. The van der Waals surface area contributed by atoms with Gasteiger partial charge in [-0.3, -0.25) is 0 Å². The summed E-state index contributed by atoms with van der Waals surface area (Å²) in [6.45, 7) is 20.9. The Morgan fingerprint density at radius 3 is 2.29 bits per heavy atom. The number of allylic oxidation sites excluding steroid dienone is 10. The fourth-order valence-corrected chi connectivity index (χ4v) is 8.78. The van der Waals surface area contributed by atoms with Gasteiger partial charge in [-0.05, 0) is 90.4 Å². The van der Waals surface area contributed by atoms with Gasteiger partial charge in [0.1, 0.15) is 0 Å². The van der Waals surface area contributed by atoms with Crippen molar-refractivity contribution in [3.05, 3.63) is 57.7 Å². The van der Waals surface area contributed by atoms with Crippen molar-refractivity contribution in [1.82, 2.24) is 0 Å². The van der Waals surface area contributed by atoms with Crippen LogP contribution in [-0.2, 0) is 14.0 Å². The van der Waals surface area contributed by atoms with Crippen molar-refractivity contribution < 1.29 is 19.1 Å². The second-order valence-corrected chi connectivity index (χ2v) is 17.6. The first-order chi connectivity index (χ1) is 15.5. The first kappa shape index (κ1) is 26.0. The van der Waals surface area contributed by atoms with E-state index < -0.39 is 19.3 Å². The Bertz CT molecular complexity index is 1010. The molecule has 0 aromatic rings. The molecule has 1 fully saturated rings. The molecule has 2 aliphatic carbocycles. The van der Waals surface area contributed by atoms with E-state index in [4.69, 9.17) is 14.0 Å². The van der Waals surface area contributed by atoms with Gasteiger partial charge in [-0.1, -0.05) is 54.1 Å². The summed E-state index contributed by atoms with van der Waals surface area (Å²) < 4.78 is 18.9. The molecule has 2 aliphatic heterocycles. The molecule has 1 unspecified atom stereocenters. The van der Waals surface area contributed by atoms with Gasteiger partial charge < -0.3 is 19.1 Å². The summed E-state index contributed by atoms with van der Waals surface area (Å²) in [7, 11) is -0.251. The Morgan fingerprint density at radius 1 is 1.09 bits per heavy atom. The maximum atomic E-state index is 10.5. The van der Waals surface area contributed by atoms with Crippen LogP contribution in [0, 0.1) is 0 Å². The predicted octanol–water partition coefficient (Wildman–Crippen LogP) is 5.83. The molecule has 34 heavy (non-hydrogen) atoms. The number of fused-ring (bicyclic) bond motifs is 2. The van der Waals surface area contributed by atoms with Crippen LogP contribution in [0.1, 0.15) is 68.2 Å². The van der Waals surface area contributed by atoms with Gasteiger partial charge in [-0.2, -0.15) is 0 Å². The second-order valence-electron chi connectivity index (χ2n) is 12.9. The van der Waals surface area contributed by atoms with Gasteiger partial charge in [0.15, 0.2) is 0 Å². The zero-order valence-corrected chi connectivity index (χ0v) is 23.7. The van der Waals surface area contributed by atoms with Crippen LogP contribution in [0.15, 0.2) is 57.7 Å². The Labute approximate surface area is 208 Å². The molecule has 4 aliphatic rings. The van der Waals surface area contributed by atoms with E-state index in [0.29, 0.717) is 5.54 Å².